The van der Waals surface area contributed by atoms with Crippen LogP contribution in [-0.4, -0.2) is 37.4 Å². The Morgan fingerprint density at radius 3 is 2.71 bits per heavy atom. The SMILES string of the molecule is CCOC(=O)c1cc(Cl)nnc1NS(C)(=O)=O. The standard InChI is InChI=1S/C8H10ClN3O4S/c1-3-16-8(13)5-4-6(9)10-11-7(5)12-17(2,14)15/h4H,3H2,1-2H3,(H,11,12). The van der Waals surface area contributed by atoms with Crippen molar-refractivity contribution in [2.75, 3.05) is 17.6 Å². The van der Waals surface area contributed by atoms with Gasteiger partial charge < -0.3 is 4.74 Å². The summed E-state index contributed by atoms with van der Waals surface area (Å²) >= 11 is 5.57. The van der Waals surface area contributed by atoms with E-state index >= 15 is 0 Å². The van der Waals surface area contributed by atoms with Crippen molar-refractivity contribution in [1.29, 1.82) is 0 Å². The summed E-state index contributed by atoms with van der Waals surface area (Å²) < 4.78 is 28.9. The number of nitrogens with one attached hydrogen (secondary N) is 1. The van der Waals surface area contributed by atoms with Crippen LogP contribution in [0.2, 0.25) is 5.15 Å². The van der Waals surface area contributed by atoms with Gasteiger partial charge in [-0.15, -0.1) is 10.2 Å². The van der Waals surface area contributed by atoms with Crippen LogP contribution in [0.1, 0.15) is 17.3 Å². The molecule has 7 nitrogen and oxygen atoms in total. The molecule has 94 valence electrons. The highest BCUT2D eigenvalue weighted by molar-refractivity contribution is 7.92. The van der Waals surface area contributed by atoms with Crippen LogP contribution in [0.25, 0.3) is 0 Å². The van der Waals surface area contributed by atoms with Crippen LogP contribution >= 0.6 is 11.6 Å². The minimum Gasteiger partial charge on any atom is -0.462 e. The molecule has 0 bridgehead atoms. The number of rotatable bonds is 4. The summed E-state index contributed by atoms with van der Waals surface area (Å²) in [6.45, 7) is 1.77. The minimum atomic E-state index is -3.56. The van der Waals surface area contributed by atoms with Gasteiger partial charge in [0.2, 0.25) is 10.0 Å². The number of halogens is 1. The summed E-state index contributed by atoms with van der Waals surface area (Å²) in [5.74, 6) is -0.939. The van der Waals surface area contributed by atoms with Crippen LogP contribution in [-0.2, 0) is 14.8 Å². The highest BCUT2D eigenvalue weighted by Gasteiger charge is 2.18. The molecule has 0 amide bonds. The second kappa shape index (κ2) is 5.28. The predicted molar refractivity (Wildman–Crippen MR) is 61.5 cm³/mol. The molecule has 0 unspecified atom stereocenters. The third kappa shape index (κ3) is 4.16. The van der Waals surface area contributed by atoms with Gasteiger partial charge in [-0.2, -0.15) is 0 Å². The summed E-state index contributed by atoms with van der Waals surface area (Å²) in [5, 5.41) is 6.91. The summed E-state index contributed by atoms with van der Waals surface area (Å²) in [7, 11) is -3.56. The lowest BCUT2D eigenvalue weighted by Crippen LogP contribution is -2.16. The van der Waals surface area contributed by atoms with E-state index in [0.717, 1.165) is 6.26 Å². The number of esters is 1. The Morgan fingerprint density at radius 1 is 1.53 bits per heavy atom. The Kier molecular flexibility index (Phi) is 4.24. The Morgan fingerprint density at radius 2 is 2.18 bits per heavy atom. The van der Waals surface area contributed by atoms with Crippen LogP contribution < -0.4 is 4.72 Å². The number of anilines is 1. The van der Waals surface area contributed by atoms with Crippen molar-refractivity contribution >= 4 is 33.4 Å². The van der Waals surface area contributed by atoms with Crippen LogP contribution in [0.5, 0.6) is 0 Å². The molecular formula is C8H10ClN3O4S. The van der Waals surface area contributed by atoms with Gasteiger partial charge in [0.1, 0.15) is 5.56 Å². The zero-order valence-corrected chi connectivity index (χ0v) is 10.7. The van der Waals surface area contributed by atoms with Crippen LogP contribution in [0.3, 0.4) is 0 Å². The van der Waals surface area contributed by atoms with E-state index in [-0.39, 0.29) is 23.1 Å². The molecule has 0 saturated heterocycles. The van der Waals surface area contributed by atoms with Crippen molar-refractivity contribution in [2.24, 2.45) is 0 Å². The molecule has 1 rings (SSSR count). The van der Waals surface area contributed by atoms with E-state index in [1.807, 2.05) is 0 Å². The molecule has 0 aliphatic rings. The molecule has 0 radical (unpaired) electrons. The van der Waals surface area contributed by atoms with Crippen molar-refractivity contribution < 1.29 is 17.9 Å². The fraction of sp³-hybridized carbons (Fsp3) is 0.375. The lowest BCUT2D eigenvalue weighted by Gasteiger charge is -2.08. The lowest BCUT2D eigenvalue weighted by molar-refractivity contribution is 0.0527. The summed E-state index contributed by atoms with van der Waals surface area (Å²) in [6.07, 6.45) is 0.929. The quantitative estimate of drug-likeness (QED) is 0.814. The van der Waals surface area contributed by atoms with Gasteiger partial charge in [0.25, 0.3) is 0 Å². The van der Waals surface area contributed by atoms with Gasteiger partial charge in [-0.25, -0.2) is 13.2 Å². The van der Waals surface area contributed by atoms with Crippen LogP contribution in [0.4, 0.5) is 5.82 Å². The summed E-state index contributed by atoms with van der Waals surface area (Å²) in [6, 6.07) is 1.18. The number of sulfonamides is 1. The molecule has 0 fully saturated rings. The first-order valence-corrected chi connectivity index (χ1v) is 6.78. The zero-order chi connectivity index (χ0) is 13.1. The average molecular weight is 280 g/mol. The molecule has 1 aromatic heterocycles. The largest absolute Gasteiger partial charge is 0.462 e. The zero-order valence-electron chi connectivity index (χ0n) is 9.10. The Bertz CT molecular complexity index is 532. The lowest BCUT2D eigenvalue weighted by atomic mass is 10.3. The number of hydrogen-bond acceptors (Lipinski definition) is 6. The molecule has 1 heterocycles. The Hall–Kier alpha value is -1.41. The highest BCUT2D eigenvalue weighted by atomic mass is 35.5. The van der Waals surface area contributed by atoms with Crippen molar-refractivity contribution in [1.82, 2.24) is 10.2 Å². The normalized spacial score (nSPS) is 11.0. The highest BCUT2D eigenvalue weighted by Crippen LogP contribution is 2.17. The first-order chi connectivity index (χ1) is 7.83. The molecule has 0 atom stereocenters. The molecule has 0 aromatic carbocycles. The van der Waals surface area contributed by atoms with E-state index in [4.69, 9.17) is 16.3 Å². The second-order valence-electron chi connectivity index (χ2n) is 3.02. The maximum atomic E-state index is 11.5. The maximum absolute atomic E-state index is 11.5. The maximum Gasteiger partial charge on any atom is 0.342 e. The van der Waals surface area contributed by atoms with Crippen molar-refractivity contribution in [3.63, 3.8) is 0 Å². The molecule has 1 N–H and O–H groups in total. The summed E-state index contributed by atoms with van der Waals surface area (Å²) in [4.78, 5) is 11.5. The van der Waals surface area contributed by atoms with Gasteiger partial charge in [-0.05, 0) is 13.0 Å². The second-order valence-corrected chi connectivity index (χ2v) is 5.16. The first kappa shape index (κ1) is 13.7. The van der Waals surface area contributed by atoms with E-state index < -0.39 is 16.0 Å². The predicted octanol–water partition coefficient (Wildman–Crippen LogP) is 0.678. The number of carbonyl (C=O) groups excluding carboxylic acids is 1. The van der Waals surface area contributed by atoms with E-state index in [1.165, 1.54) is 6.07 Å². The number of ether oxygens (including phenoxy) is 1. The fourth-order valence-corrected chi connectivity index (χ4v) is 1.63. The topological polar surface area (TPSA) is 98.2 Å². The molecule has 0 aliphatic heterocycles. The van der Waals surface area contributed by atoms with Crippen molar-refractivity contribution in [3.8, 4) is 0 Å². The molecule has 0 saturated carbocycles. The van der Waals surface area contributed by atoms with Crippen molar-refractivity contribution in [2.45, 2.75) is 6.92 Å². The van der Waals surface area contributed by atoms with Gasteiger partial charge in [0, 0.05) is 0 Å². The van der Waals surface area contributed by atoms with Gasteiger partial charge >= 0.3 is 5.97 Å². The van der Waals surface area contributed by atoms with Crippen LogP contribution in [0, 0.1) is 0 Å². The Labute approximate surface area is 103 Å². The van der Waals surface area contributed by atoms with Gasteiger partial charge in [-0.3, -0.25) is 4.72 Å². The number of nitrogens with zero attached hydrogens (tertiary/aromatic N) is 2. The van der Waals surface area contributed by atoms with E-state index in [1.54, 1.807) is 6.92 Å². The number of carbonyl (C=O) groups is 1. The molecular weight excluding hydrogens is 270 g/mol. The molecule has 1 aromatic rings. The molecule has 9 heteroatoms. The van der Waals surface area contributed by atoms with Gasteiger partial charge in [0.15, 0.2) is 11.0 Å². The molecule has 0 aliphatic carbocycles. The number of aromatic nitrogens is 2. The van der Waals surface area contributed by atoms with E-state index in [2.05, 4.69) is 14.9 Å². The summed E-state index contributed by atoms with van der Waals surface area (Å²) in [5.41, 5.74) is -0.0859. The molecule has 0 spiro atoms. The van der Waals surface area contributed by atoms with Crippen molar-refractivity contribution in [3.05, 3.63) is 16.8 Å². The number of hydrogen-bond donors (Lipinski definition) is 1. The van der Waals surface area contributed by atoms with Gasteiger partial charge in [0.05, 0.1) is 12.9 Å². The molecule has 17 heavy (non-hydrogen) atoms. The minimum absolute atomic E-state index is 0.0351. The Balaban J connectivity index is 3.17. The third-order valence-electron chi connectivity index (χ3n) is 1.54. The first-order valence-electron chi connectivity index (χ1n) is 4.51. The smallest absolute Gasteiger partial charge is 0.342 e. The van der Waals surface area contributed by atoms with E-state index in [9.17, 15) is 13.2 Å². The monoisotopic (exact) mass is 279 g/mol. The van der Waals surface area contributed by atoms with Crippen LogP contribution in [0.15, 0.2) is 6.07 Å². The fourth-order valence-electron chi connectivity index (χ4n) is 0.983. The average Bonchev–Trinajstić information content (AvgIpc) is 2.19. The van der Waals surface area contributed by atoms with Gasteiger partial charge in [-0.1, -0.05) is 11.6 Å². The third-order valence-corrected chi connectivity index (χ3v) is 2.29. The van der Waals surface area contributed by atoms with E-state index in [0.29, 0.717) is 0 Å².